The Morgan fingerprint density at radius 2 is 1.62 bits per heavy atom. The van der Waals surface area contributed by atoms with E-state index in [0.717, 1.165) is 47.5 Å². The molecule has 9 heteroatoms. The van der Waals surface area contributed by atoms with Gasteiger partial charge in [0.05, 0.1) is 15.6 Å². The molecule has 0 unspecified atom stereocenters. The summed E-state index contributed by atoms with van der Waals surface area (Å²) < 4.78 is 28.7. The van der Waals surface area contributed by atoms with Crippen molar-refractivity contribution in [3.05, 3.63) is 95.0 Å². The van der Waals surface area contributed by atoms with E-state index in [1.54, 1.807) is 49.4 Å². The summed E-state index contributed by atoms with van der Waals surface area (Å²) in [7, 11) is -4.15. The van der Waals surface area contributed by atoms with Gasteiger partial charge >= 0.3 is 0 Å². The number of carbonyl (C=O) groups excluding carboxylic acids is 2. The Morgan fingerprint density at radius 1 is 0.950 bits per heavy atom. The highest BCUT2D eigenvalue weighted by Crippen LogP contribution is 2.30. The number of nitrogens with zero attached hydrogens (tertiary/aromatic N) is 2. The molecule has 1 fully saturated rings. The summed E-state index contributed by atoms with van der Waals surface area (Å²) in [4.78, 5) is 28.9. The molecule has 1 aliphatic rings. The zero-order valence-electron chi connectivity index (χ0n) is 22.9. The monoisotopic (exact) mass is 581 g/mol. The van der Waals surface area contributed by atoms with Crippen molar-refractivity contribution in [1.82, 2.24) is 10.2 Å². The summed E-state index contributed by atoms with van der Waals surface area (Å²) in [5.74, 6) is -0.754. The van der Waals surface area contributed by atoms with Crippen molar-refractivity contribution in [2.45, 2.75) is 69.5 Å². The van der Waals surface area contributed by atoms with Crippen molar-refractivity contribution in [1.29, 1.82) is 0 Å². The van der Waals surface area contributed by atoms with Crippen molar-refractivity contribution in [2.75, 3.05) is 10.8 Å². The Labute approximate surface area is 242 Å². The van der Waals surface area contributed by atoms with Crippen molar-refractivity contribution < 1.29 is 18.0 Å². The van der Waals surface area contributed by atoms with Gasteiger partial charge in [0.1, 0.15) is 12.6 Å². The van der Waals surface area contributed by atoms with E-state index in [4.69, 9.17) is 11.6 Å². The van der Waals surface area contributed by atoms with Crippen LogP contribution in [0.2, 0.25) is 5.02 Å². The third-order valence-corrected chi connectivity index (χ3v) is 9.38. The van der Waals surface area contributed by atoms with Gasteiger partial charge in [0, 0.05) is 12.6 Å². The van der Waals surface area contributed by atoms with E-state index >= 15 is 0 Å². The molecule has 0 saturated heterocycles. The van der Waals surface area contributed by atoms with E-state index in [2.05, 4.69) is 5.32 Å². The zero-order valence-corrected chi connectivity index (χ0v) is 24.5. The van der Waals surface area contributed by atoms with Crippen LogP contribution in [0.5, 0.6) is 0 Å². The molecule has 4 rings (SSSR count). The molecule has 212 valence electrons. The molecule has 2 amide bonds. The standard InChI is InChI=1S/C31H36ClN3O4S/c1-23-12-11-13-25(20-23)21-34(24(2)31(37)33-26-14-5-3-6-15-26)30(36)22-35(29-19-10-9-18-28(29)32)40(38,39)27-16-7-4-8-17-27/h4,7-13,16-20,24,26H,3,5-6,14-15,21-22H2,1-2H3,(H,33,37)/t24-/m1/s1. The van der Waals surface area contributed by atoms with E-state index in [0.29, 0.717) is 0 Å². The average molecular weight is 582 g/mol. The van der Waals surface area contributed by atoms with Gasteiger partial charge in [-0.25, -0.2) is 8.42 Å². The Hall–Kier alpha value is -3.36. The van der Waals surface area contributed by atoms with Gasteiger partial charge < -0.3 is 10.2 Å². The minimum atomic E-state index is -4.15. The van der Waals surface area contributed by atoms with Crippen LogP contribution in [-0.4, -0.2) is 43.8 Å². The van der Waals surface area contributed by atoms with Crippen LogP contribution in [0.15, 0.2) is 83.8 Å². The maximum atomic E-state index is 14.0. The van der Waals surface area contributed by atoms with E-state index in [1.807, 2.05) is 31.2 Å². The second kappa shape index (κ2) is 13.3. The highest BCUT2D eigenvalue weighted by Gasteiger charge is 2.33. The number of amides is 2. The second-order valence-electron chi connectivity index (χ2n) is 10.3. The molecule has 3 aromatic rings. The van der Waals surface area contributed by atoms with Crippen molar-refractivity contribution in [3.63, 3.8) is 0 Å². The fourth-order valence-electron chi connectivity index (χ4n) is 5.05. The quantitative estimate of drug-likeness (QED) is 0.332. The van der Waals surface area contributed by atoms with Crippen LogP contribution in [0.4, 0.5) is 5.69 Å². The molecule has 0 radical (unpaired) electrons. The molecule has 0 aliphatic heterocycles. The number of hydrogen-bond donors (Lipinski definition) is 1. The van der Waals surface area contributed by atoms with Gasteiger partial charge in [0.25, 0.3) is 10.0 Å². The molecule has 0 bridgehead atoms. The lowest BCUT2D eigenvalue weighted by molar-refractivity contribution is -0.139. The lowest BCUT2D eigenvalue weighted by Gasteiger charge is -2.33. The van der Waals surface area contributed by atoms with Gasteiger partial charge in [-0.15, -0.1) is 0 Å². The van der Waals surface area contributed by atoms with Crippen LogP contribution < -0.4 is 9.62 Å². The van der Waals surface area contributed by atoms with Gasteiger partial charge in [-0.3, -0.25) is 13.9 Å². The van der Waals surface area contributed by atoms with Crippen molar-refractivity contribution in [3.8, 4) is 0 Å². The minimum Gasteiger partial charge on any atom is -0.352 e. The molecule has 1 atom stereocenters. The second-order valence-corrected chi connectivity index (χ2v) is 12.6. The third-order valence-electron chi connectivity index (χ3n) is 7.29. The first-order chi connectivity index (χ1) is 19.2. The number of sulfonamides is 1. The summed E-state index contributed by atoms with van der Waals surface area (Å²) in [6.07, 6.45) is 5.12. The number of para-hydroxylation sites is 1. The van der Waals surface area contributed by atoms with E-state index in [-0.39, 0.29) is 34.1 Å². The molecular formula is C31H36ClN3O4S. The number of aryl methyl sites for hydroxylation is 1. The van der Waals surface area contributed by atoms with Gasteiger partial charge in [-0.2, -0.15) is 0 Å². The first kappa shape index (κ1) is 29.6. The van der Waals surface area contributed by atoms with Gasteiger partial charge in [-0.05, 0) is 56.5 Å². The highest BCUT2D eigenvalue weighted by atomic mass is 35.5. The van der Waals surface area contributed by atoms with Crippen LogP contribution >= 0.6 is 11.6 Å². The Morgan fingerprint density at radius 3 is 2.30 bits per heavy atom. The number of hydrogen-bond acceptors (Lipinski definition) is 4. The van der Waals surface area contributed by atoms with Crippen molar-refractivity contribution >= 4 is 39.1 Å². The van der Waals surface area contributed by atoms with E-state index < -0.39 is 28.5 Å². The van der Waals surface area contributed by atoms with Gasteiger partial charge in [0.2, 0.25) is 11.8 Å². The summed E-state index contributed by atoms with van der Waals surface area (Å²) in [5.41, 5.74) is 2.06. The lowest BCUT2D eigenvalue weighted by atomic mass is 9.95. The first-order valence-corrected chi connectivity index (χ1v) is 15.5. The largest absolute Gasteiger partial charge is 0.352 e. The Bertz CT molecular complexity index is 1430. The summed E-state index contributed by atoms with van der Waals surface area (Å²) in [5, 5.41) is 3.31. The summed E-state index contributed by atoms with van der Waals surface area (Å²) in [6, 6.07) is 21.4. The molecule has 7 nitrogen and oxygen atoms in total. The van der Waals surface area contributed by atoms with Gasteiger partial charge in [0.15, 0.2) is 0 Å². The lowest BCUT2D eigenvalue weighted by Crippen LogP contribution is -2.53. The molecule has 1 N–H and O–H groups in total. The molecule has 40 heavy (non-hydrogen) atoms. The normalized spacial score (nSPS) is 14.8. The highest BCUT2D eigenvalue weighted by molar-refractivity contribution is 7.92. The molecule has 1 aliphatic carbocycles. The van der Waals surface area contributed by atoms with Crippen LogP contribution in [0.25, 0.3) is 0 Å². The third kappa shape index (κ3) is 7.23. The predicted octanol–water partition coefficient (Wildman–Crippen LogP) is 5.71. The van der Waals surface area contributed by atoms with Crippen LogP contribution in [0.1, 0.15) is 50.2 Å². The summed E-state index contributed by atoms with van der Waals surface area (Å²) in [6.45, 7) is 3.28. The average Bonchev–Trinajstić information content (AvgIpc) is 2.95. The van der Waals surface area contributed by atoms with Crippen LogP contribution in [0.3, 0.4) is 0 Å². The smallest absolute Gasteiger partial charge is 0.264 e. The molecule has 3 aromatic carbocycles. The number of anilines is 1. The number of nitrogens with one attached hydrogen (secondary N) is 1. The minimum absolute atomic E-state index is 0.0380. The van der Waals surface area contributed by atoms with Crippen molar-refractivity contribution in [2.24, 2.45) is 0 Å². The van der Waals surface area contributed by atoms with E-state index in [1.165, 1.54) is 17.0 Å². The molecule has 0 aromatic heterocycles. The molecule has 0 spiro atoms. The number of carbonyl (C=O) groups is 2. The van der Waals surface area contributed by atoms with Crippen LogP contribution in [-0.2, 0) is 26.2 Å². The molecule has 0 heterocycles. The fourth-order valence-corrected chi connectivity index (χ4v) is 6.79. The Balaban J connectivity index is 1.68. The number of benzene rings is 3. The summed E-state index contributed by atoms with van der Waals surface area (Å²) >= 11 is 6.45. The number of rotatable bonds is 10. The van der Waals surface area contributed by atoms with Gasteiger partial charge in [-0.1, -0.05) is 91.0 Å². The first-order valence-electron chi connectivity index (χ1n) is 13.6. The van der Waals surface area contributed by atoms with E-state index in [9.17, 15) is 18.0 Å². The van der Waals surface area contributed by atoms with Crippen LogP contribution in [0, 0.1) is 6.92 Å². The molecular weight excluding hydrogens is 546 g/mol. The SMILES string of the molecule is Cc1cccc(CN(C(=O)CN(c2ccccc2Cl)S(=O)(=O)c2ccccc2)[C@H](C)C(=O)NC2CCCCC2)c1. The Kier molecular flexibility index (Phi) is 9.87. The number of halogens is 1. The topological polar surface area (TPSA) is 86.8 Å². The molecule has 1 saturated carbocycles. The zero-order chi connectivity index (χ0) is 28.7. The maximum absolute atomic E-state index is 14.0. The fraction of sp³-hybridized carbons (Fsp3) is 0.355. The predicted molar refractivity (Wildman–Crippen MR) is 159 cm³/mol. The maximum Gasteiger partial charge on any atom is 0.264 e.